The van der Waals surface area contributed by atoms with Gasteiger partial charge in [-0.25, -0.2) is 13.2 Å². The third-order valence-corrected chi connectivity index (χ3v) is 5.45. The number of aromatic nitrogens is 1. The van der Waals surface area contributed by atoms with Crippen LogP contribution in [0.5, 0.6) is 0 Å². The van der Waals surface area contributed by atoms with Crippen molar-refractivity contribution in [2.24, 2.45) is 0 Å². The molecule has 2 aromatic rings. The number of hydrogen-bond acceptors (Lipinski definition) is 5. The molecule has 0 spiro atoms. The summed E-state index contributed by atoms with van der Waals surface area (Å²) in [5.74, 6) is -0.593. The Morgan fingerprint density at radius 1 is 1.40 bits per heavy atom. The van der Waals surface area contributed by atoms with Gasteiger partial charge in [0, 0.05) is 25.7 Å². The first kappa shape index (κ1) is 13.3. The highest BCUT2D eigenvalue weighted by Gasteiger charge is 2.31. The zero-order valence-electron chi connectivity index (χ0n) is 10.9. The van der Waals surface area contributed by atoms with Gasteiger partial charge in [0.2, 0.25) is 10.0 Å². The molecule has 0 amide bonds. The average Bonchev–Trinajstić information content (AvgIpc) is 2.78. The van der Waals surface area contributed by atoms with E-state index in [-0.39, 0.29) is 10.9 Å². The van der Waals surface area contributed by atoms with Crippen LogP contribution in [-0.4, -0.2) is 43.4 Å². The van der Waals surface area contributed by atoms with Crippen LogP contribution >= 0.6 is 0 Å². The van der Waals surface area contributed by atoms with Crippen molar-refractivity contribution < 1.29 is 12.8 Å². The number of rotatable bonds is 2. The van der Waals surface area contributed by atoms with Crippen LogP contribution in [0.3, 0.4) is 0 Å². The first-order valence-electron chi connectivity index (χ1n) is 6.34. The van der Waals surface area contributed by atoms with Crippen molar-refractivity contribution in [2.75, 3.05) is 19.6 Å². The molecule has 3 rings (SSSR count). The molecule has 1 fully saturated rings. The molecule has 1 aliphatic rings. The summed E-state index contributed by atoms with van der Waals surface area (Å²) in [7, 11) is -3.56. The quantitative estimate of drug-likeness (QED) is 0.820. The van der Waals surface area contributed by atoms with E-state index in [1.165, 1.54) is 22.5 Å². The van der Waals surface area contributed by atoms with Crippen LogP contribution < -0.4 is 11.1 Å². The minimum absolute atomic E-state index is 0.104. The van der Waals surface area contributed by atoms with Crippen LogP contribution in [-0.2, 0) is 10.0 Å². The van der Waals surface area contributed by atoms with Crippen LogP contribution in [0.15, 0.2) is 32.3 Å². The van der Waals surface area contributed by atoms with E-state index in [1.807, 2.05) is 6.92 Å². The summed E-state index contributed by atoms with van der Waals surface area (Å²) >= 11 is 0. The van der Waals surface area contributed by atoms with Gasteiger partial charge in [0.1, 0.15) is 0 Å². The molecule has 8 heteroatoms. The minimum Gasteiger partial charge on any atom is -0.408 e. The molecule has 20 heavy (non-hydrogen) atoms. The second-order valence-corrected chi connectivity index (χ2v) is 6.73. The fourth-order valence-corrected chi connectivity index (χ4v) is 4.06. The van der Waals surface area contributed by atoms with E-state index in [4.69, 9.17) is 4.42 Å². The topological polar surface area (TPSA) is 95.4 Å². The summed E-state index contributed by atoms with van der Waals surface area (Å²) in [5, 5.41) is 3.15. The Morgan fingerprint density at radius 3 is 2.95 bits per heavy atom. The van der Waals surface area contributed by atoms with Gasteiger partial charge in [-0.05, 0) is 25.1 Å². The lowest BCUT2D eigenvalue weighted by atomic mass is 10.3. The van der Waals surface area contributed by atoms with Crippen molar-refractivity contribution in [1.29, 1.82) is 0 Å². The average molecular weight is 297 g/mol. The molecule has 0 saturated carbocycles. The molecule has 1 atom stereocenters. The van der Waals surface area contributed by atoms with Gasteiger partial charge >= 0.3 is 5.76 Å². The zero-order valence-corrected chi connectivity index (χ0v) is 11.7. The summed E-state index contributed by atoms with van der Waals surface area (Å²) < 4.78 is 31.6. The van der Waals surface area contributed by atoms with Gasteiger partial charge < -0.3 is 9.73 Å². The van der Waals surface area contributed by atoms with E-state index in [9.17, 15) is 13.2 Å². The van der Waals surface area contributed by atoms with Crippen LogP contribution in [0.2, 0.25) is 0 Å². The molecule has 1 aromatic heterocycles. The molecular weight excluding hydrogens is 282 g/mol. The number of fused-ring (bicyclic) bond motifs is 1. The second-order valence-electron chi connectivity index (χ2n) is 4.84. The van der Waals surface area contributed by atoms with E-state index >= 15 is 0 Å². The Bertz CT molecular complexity index is 792. The maximum atomic E-state index is 12.6. The molecule has 0 bridgehead atoms. The van der Waals surface area contributed by atoms with Gasteiger partial charge in [-0.3, -0.25) is 4.98 Å². The molecule has 2 heterocycles. The molecule has 1 aliphatic heterocycles. The number of oxazole rings is 1. The summed E-state index contributed by atoms with van der Waals surface area (Å²) in [6.45, 7) is 3.56. The van der Waals surface area contributed by atoms with Gasteiger partial charge in [0.15, 0.2) is 5.58 Å². The largest absolute Gasteiger partial charge is 0.417 e. The Labute approximate surface area is 115 Å². The van der Waals surface area contributed by atoms with E-state index in [1.54, 1.807) is 0 Å². The smallest absolute Gasteiger partial charge is 0.408 e. The van der Waals surface area contributed by atoms with Gasteiger partial charge in [-0.2, -0.15) is 4.31 Å². The van der Waals surface area contributed by atoms with Crippen molar-refractivity contribution in [2.45, 2.75) is 17.9 Å². The fourth-order valence-electron chi connectivity index (χ4n) is 2.41. The highest BCUT2D eigenvalue weighted by atomic mass is 32.2. The summed E-state index contributed by atoms with van der Waals surface area (Å²) in [6.07, 6.45) is 0. The standard InChI is InChI=1S/C12H15N3O4S/c1-8-7-13-4-5-15(8)20(17,18)9-2-3-11-10(6-9)14-12(16)19-11/h2-3,6,8,13H,4-5,7H2,1H3,(H,14,16)/t8-/m1/s1. The first-order valence-corrected chi connectivity index (χ1v) is 7.78. The van der Waals surface area contributed by atoms with Crippen LogP contribution in [0.25, 0.3) is 11.1 Å². The second kappa shape index (κ2) is 4.72. The number of piperazine rings is 1. The molecule has 0 radical (unpaired) electrons. The number of H-pyrrole nitrogens is 1. The zero-order chi connectivity index (χ0) is 14.3. The number of sulfonamides is 1. The lowest BCUT2D eigenvalue weighted by Crippen LogP contribution is -2.52. The Kier molecular flexibility index (Phi) is 3.15. The van der Waals surface area contributed by atoms with Gasteiger partial charge in [0.25, 0.3) is 0 Å². The monoisotopic (exact) mass is 297 g/mol. The van der Waals surface area contributed by atoms with Crippen molar-refractivity contribution in [3.63, 3.8) is 0 Å². The molecule has 1 saturated heterocycles. The molecule has 7 nitrogen and oxygen atoms in total. The van der Waals surface area contributed by atoms with Crippen LogP contribution in [0, 0.1) is 0 Å². The predicted molar refractivity (Wildman–Crippen MR) is 73.1 cm³/mol. The highest BCUT2D eigenvalue weighted by molar-refractivity contribution is 7.89. The Hall–Kier alpha value is -1.64. The maximum Gasteiger partial charge on any atom is 0.417 e. The minimum atomic E-state index is -3.56. The van der Waals surface area contributed by atoms with Crippen LogP contribution in [0.1, 0.15) is 6.92 Å². The normalized spacial score (nSPS) is 21.4. The molecule has 108 valence electrons. The van der Waals surface area contributed by atoms with Crippen molar-refractivity contribution in [3.05, 3.63) is 28.7 Å². The SMILES string of the molecule is C[C@@H]1CNCCN1S(=O)(=O)c1ccc2oc(=O)[nH]c2c1. The third kappa shape index (κ3) is 2.15. The lowest BCUT2D eigenvalue weighted by Gasteiger charge is -2.32. The predicted octanol–water partition coefficient (Wildman–Crippen LogP) is 0.103. The number of nitrogens with zero attached hydrogens (tertiary/aromatic N) is 1. The van der Waals surface area contributed by atoms with Gasteiger partial charge in [0.05, 0.1) is 10.4 Å². The molecule has 1 aromatic carbocycles. The van der Waals surface area contributed by atoms with Crippen LogP contribution in [0.4, 0.5) is 0 Å². The number of aromatic amines is 1. The molecule has 0 unspecified atom stereocenters. The maximum absolute atomic E-state index is 12.6. The molecule has 0 aliphatic carbocycles. The fraction of sp³-hybridized carbons (Fsp3) is 0.417. The Morgan fingerprint density at radius 2 is 2.20 bits per heavy atom. The number of benzene rings is 1. The Balaban J connectivity index is 2.05. The third-order valence-electron chi connectivity index (χ3n) is 3.44. The summed E-state index contributed by atoms with van der Waals surface area (Å²) in [6, 6.07) is 4.29. The van der Waals surface area contributed by atoms with E-state index in [2.05, 4.69) is 10.3 Å². The van der Waals surface area contributed by atoms with Crippen molar-refractivity contribution in [1.82, 2.24) is 14.6 Å². The number of nitrogens with one attached hydrogen (secondary N) is 2. The number of hydrogen-bond donors (Lipinski definition) is 2. The van der Waals surface area contributed by atoms with E-state index in [0.29, 0.717) is 30.7 Å². The first-order chi connectivity index (χ1) is 9.48. The molecule has 2 N–H and O–H groups in total. The van der Waals surface area contributed by atoms with Gasteiger partial charge in [-0.15, -0.1) is 0 Å². The van der Waals surface area contributed by atoms with E-state index in [0.717, 1.165) is 0 Å². The summed E-state index contributed by atoms with van der Waals surface area (Å²) in [5.41, 5.74) is 0.737. The van der Waals surface area contributed by atoms with E-state index < -0.39 is 15.8 Å². The lowest BCUT2D eigenvalue weighted by molar-refractivity contribution is 0.284. The van der Waals surface area contributed by atoms with Crippen molar-refractivity contribution >= 4 is 21.1 Å². The summed E-state index contributed by atoms with van der Waals surface area (Å²) in [4.78, 5) is 13.7. The van der Waals surface area contributed by atoms with Crippen molar-refractivity contribution in [3.8, 4) is 0 Å². The highest BCUT2D eigenvalue weighted by Crippen LogP contribution is 2.22. The molecular formula is C12H15N3O4S. The van der Waals surface area contributed by atoms with Gasteiger partial charge in [-0.1, -0.05) is 0 Å².